The van der Waals surface area contributed by atoms with E-state index in [0.29, 0.717) is 30.3 Å². The summed E-state index contributed by atoms with van der Waals surface area (Å²) in [5.41, 5.74) is 4.47. The fourth-order valence-electron chi connectivity index (χ4n) is 3.72. The van der Waals surface area contributed by atoms with E-state index in [4.69, 9.17) is 0 Å². The number of nitrogens with one attached hydrogen (secondary N) is 2. The molecule has 6 heteroatoms. The first-order valence-corrected chi connectivity index (χ1v) is 10.2. The van der Waals surface area contributed by atoms with Crippen LogP contribution in [0.2, 0.25) is 0 Å². The summed E-state index contributed by atoms with van der Waals surface area (Å²) in [6, 6.07) is 18.1. The number of halogens is 4. The van der Waals surface area contributed by atoms with Crippen LogP contribution in [0.1, 0.15) is 27.8 Å². The molecule has 1 aromatic heterocycles. The molecule has 164 valence electrons. The van der Waals surface area contributed by atoms with Crippen LogP contribution in [0, 0.1) is 5.82 Å². The molecule has 4 aromatic rings. The van der Waals surface area contributed by atoms with Gasteiger partial charge in [0.25, 0.3) is 0 Å². The van der Waals surface area contributed by atoms with E-state index in [0.717, 1.165) is 34.0 Å². The fraction of sp³-hybridized carbons (Fsp3) is 0.154. The molecule has 0 aliphatic rings. The highest BCUT2D eigenvalue weighted by Gasteiger charge is 2.30. The van der Waals surface area contributed by atoms with Crippen molar-refractivity contribution in [3.05, 3.63) is 113 Å². The van der Waals surface area contributed by atoms with Crippen molar-refractivity contribution in [1.29, 1.82) is 0 Å². The average molecular weight is 438 g/mol. The summed E-state index contributed by atoms with van der Waals surface area (Å²) in [7, 11) is 0. The molecule has 0 unspecified atom stereocenters. The Morgan fingerprint density at radius 1 is 0.938 bits per heavy atom. The Balaban J connectivity index is 1.36. The standard InChI is InChI=1S/C26H22F4N2/c1-17(20-7-5-18(6-8-20)13-19-3-2-4-23(27)14-19)31-12-11-21-16-32-25-10-9-22(15-24(21)25)26(28,29)30/h2-10,14-16,31-32H,1,11-13H2. The first kappa shape index (κ1) is 21.7. The molecule has 0 saturated carbocycles. The quantitative estimate of drug-likeness (QED) is 0.308. The Bertz CT molecular complexity index is 1240. The highest BCUT2D eigenvalue weighted by atomic mass is 19.4. The molecular formula is C26H22F4N2. The van der Waals surface area contributed by atoms with Crippen LogP contribution in [0.25, 0.3) is 16.6 Å². The van der Waals surface area contributed by atoms with Crippen LogP contribution in [0.3, 0.4) is 0 Å². The van der Waals surface area contributed by atoms with Gasteiger partial charge in [-0.3, -0.25) is 0 Å². The number of aromatic amines is 1. The molecule has 0 fully saturated rings. The van der Waals surface area contributed by atoms with Crippen molar-refractivity contribution in [2.24, 2.45) is 0 Å². The van der Waals surface area contributed by atoms with Gasteiger partial charge in [-0.1, -0.05) is 43.0 Å². The van der Waals surface area contributed by atoms with Crippen molar-refractivity contribution in [3.8, 4) is 0 Å². The van der Waals surface area contributed by atoms with E-state index in [-0.39, 0.29) is 5.82 Å². The first-order valence-electron chi connectivity index (χ1n) is 10.2. The summed E-state index contributed by atoms with van der Waals surface area (Å²) in [6.45, 7) is 4.60. The molecule has 1 heterocycles. The average Bonchev–Trinajstić information content (AvgIpc) is 3.16. The molecule has 3 aromatic carbocycles. The summed E-state index contributed by atoms with van der Waals surface area (Å²) in [5.74, 6) is -0.249. The summed E-state index contributed by atoms with van der Waals surface area (Å²) in [4.78, 5) is 3.03. The summed E-state index contributed by atoms with van der Waals surface area (Å²) in [6.07, 6.45) is -1.43. The van der Waals surface area contributed by atoms with E-state index < -0.39 is 11.7 Å². The maximum atomic E-state index is 13.3. The second-order valence-corrected chi connectivity index (χ2v) is 7.73. The zero-order valence-corrected chi connectivity index (χ0v) is 17.3. The molecule has 0 saturated heterocycles. The van der Waals surface area contributed by atoms with E-state index in [2.05, 4.69) is 16.9 Å². The van der Waals surface area contributed by atoms with Gasteiger partial charge in [0.05, 0.1) is 5.56 Å². The van der Waals surface area contributed by atoms with Crippen molar-refractivity contribution in [1.82, 2.24) is 10.3 Å². The minimum Gasteiger partial charge on any atom is -0.385 e. The van der Waals surface area contributed by atoms with Crippen LogP contribution < -0.4 is 5.32 Å². The molecule has 0 aliphatic heterocycles. The number of H-pyrrole nitrogens is 1. The molecule has 0 spiro atoms. The number of alkyl halides is 3. The Morgan fingerprint density at radius 2 is 1.72 bits per heavy atom. The third-order valence-corrected chi connectivity index (χ3v) is 5.43. The Morgan fingerprint density at radius 3 is 2.44 bits per heavy atom. The lowest BCUT2D eigenvalue weighted by atomic mass is 10.0. The zero-order valence-electron chi connectivity index (χ0n) is 17.3. The number of fused-ring (bicyclic) bond motifs is 1. The summed E-state index contributed by atoms with van der Waals surface area (Å²) in [5, 5.41) is 3.82. The zero-order chi connectivity index (χ0) is 22.7. The van der Waals surface area contributed by atoms with Crippen molar-refractivity contribution in [2.75, 3.05) is 6.54 Å². The number of rotatable bonds is 7. The third-order valence-electron chi connectivity index (χ3n) is 5.43. The first-order chi connectivity index (χ1) is 15.3. The Kier molecular flexibility index (Phi) is 6.04. The van der Waals surface area contributed by atoms with Gasteiger partial charge in [0.15, 0.2) is 0 Å². The van der Waals surface area contributed by atoms with Crippen LogP contribution in [0.15, 0.2) is 79.5 Å². The van der Waals surface area contributed by atoms with Crippen LogP contribution in [0.5, 0.6) is 0 Å². The number of aromatic nitrogens is 1. The van der Waals surface area contributed by atoms with Crippen LogP contribution in [-0.2, 0) is 19.0 Å². The molecule has 0 aliphatic carbocycles. The lowest BCUT2D eigenvalue weighted by Gasteiger charge is -2.11. The second-order valence-electron chi connectivity index (χ2n) is 7.73. The maximum absolute atomic E-state index is 13.3. The molecule has 4 rings (SSSR count). The lowest BCUT2D eigenvalue weighted by Crippen LogP contribution is -2.15. The molecule has 0 bridgehead atoms. The Hall–Kier alpha value is -3.54. The fourth-order valence-corrected chi connectivity index (χ4v) is 3.72. The molecule has 2 N–H and O–H groups in total. The van der Waals surface area contributed by atoms with Crippen molar-refractivity contribution >= 4 is 16.6 Å². The van der Waals surface area contributed by atoms with E-state index in [1.54, 1.807) is 12.3 Å². The topological polar surface area (TPSA) is 27.8 Å². The molecular weight excluding hydrogens is 416 g/mol. The number of hydrogen-bond acceptors (Lipinski definition) is 1. The third kappa shape index (κ3) is 5.02. The van der Waals surface area contributed by atoms with Gasteiger partial charge in [-0.15, -0.1) is 0 Å². The number of hydrogen-bond donors (Lipinski definition) is 2. The minimum absolute atomic E-state index is 0.249. The van der Waals surface area contributed by atoms with E-state index >= 15 is 0 Å². The molecule has 0 atom stereocenters. The highest BCUT2D eigenvalue weighted by molar-refractivity contribution is 5.84. The van der Waals surface area contributed by atoms with E-state index in [1.807, 2.05) is 30.3 Å². The van der Waals surface area contributed by atoms with Crippen molar-refractivity contribution in [2.45, 2.75) is 19.0 Å². The Labute approximate surface area is 183 Å². The van der Waals surface area contributed by atoms with Gasteiger partial charge < -0.3 is 10.3 Å². The normalized spacial score (nSPS) is 11.6. The van der Waals surface area contributed by atoms with Gasteiger partial charge >= 0.3 is 6.18 Å². The number of benzene rings is 3. The van der Waals surface area contributed by atoms with Crippen LogP contribution >= 0.6 is 0 Å². The van der Waals surface area contributed by atoms with Gasteiger partial charge in [-0.25, -0.2) is 4.39 Å². The van der Waals surface area contributed by atoms with Gasteiger partial charge in [0.1, 0.15) is 5.82 Å². The van der Waals surface area contributed by atoms with Crippen LogP contribution in [-0.4, -0.2) is 11.5 Å². The van der Waals surface area contributed by atoms with Gasteiger partial charge in [-0.05, 0) is 65.4 Å². The molecule has 32 heavy (non-hydrogen) atoms. The van der Waals surface area contributed by atoms with Gasteiger partial charge in [0, 0.05) is 29.3 Å². The highest BCUT2D eigenvalue weighted by Crippen LogP contribution is 2.32. The lowest BCUT2D eigenvalue weighted by molar-refractivity contribution is -0.137. The van der Waals surface area contributed by atoms with Crippen molar-refractivity contribution in [3.63, 3.8) is 0 Å². The van der Waals surface area contributed by atoms with Gasteiger partial charge in [-0.2, -0.15) is 13.2 Å². The molecule has 0 radical (unpaired) electrons. The summed E-state index contributed by atoms with van der Waals surface area (Å²) < 4.78 is 52.4. The summed E-state index contributed by atoms with van der Waals surface area (Å²) >= 11 is 0. The predicted octanol–water partition coefficient (Wildman–Crippen LogP) is 6.72. The molecule has 0 amide bonds. The predicted molar refractivity (Wildman–Crippen MR) is 120 cm³/mol. The van der Waals surface area contributed by atoms with E-state index in [9.17, 15) is 17.6 Å². The van der Waals surface area contributed by atoms with E-state index in [1.165, 1.54) is 24.3 Å². The maximum Gasteiger partial charge on any atom is 0.416 e. The van der Waals surface area contributed by atoms with Crippen molar-refractivity contribution < 1.29 is 17.6 Å². The van der Waals surface area contributed by atoms with Gasteiger partial charge in [0.2, 0.25) is 0 Å². The minimum atomic E-state index is -4.36. The molecule has 2 nitrogen and oxygen atoms in total. The second kappa shape index (κ2) is 8.91. The largest absolute Gasteiger partial charge is 0.416 e. The van der Waals surface area contributed by atoms with Crippen LogP contribution in [0.4, 0.5) is 17.6 Å². The smallest absolute Gasteiger partial charge is 0.385 e. The SMILES string of the molecule is C=C(NCCc1c[nH]c2ccc(C(F)(F)F)cc12)c1ccc(Cc2cccc(F)c2)cc1. The monoisotopic (exact) mass is 438 g/mol.